The molecule has 0 saturated heterocycles. The molecule has 3 aromatic heterocycles. The van der Waals surface area contributed by atoms with E-state index in [0.29, 0.717) is 0 Å². The van der Waals surface area contributed by atoms with Gasteiger partial charge in [-0.3, -0.25) is 9.37 Å². The fourth-order valence-corrected chi connectivity index (χ4v) is 7.83. The number of benzene rings is 7. The molecular formula is C54H42FIrN3O-2. The van der Waals surface area contributed by atoms with Gasteiger partial charge in [-0.2, -0.15) is 0 Å². The molecule has 4 nitrogen and oxygen atoms in total. The molecule has 3 heterocycles. The van der Waals surface area contributed by atoms with Crippen molar-refractivity contribution < 1.29 is 28.9 Å². The number of rotatable bonds is 7. The van der Waals surface area contributed by atoms with Crippen LogP contribution in [-0.2, 0) is 20.1 Å². The Labute approximate surface area is 363 Å². The Hall–Kier alpha value is -6.46. The van der Waals surface area contributed by atoms with Crippen molar-refractivity contribution in [3.8, 4) is 50.6 Å². The Morgan fingerprint density at radius 2 is 1.27 bits per heavy atom. The summed E-state index contributed by atoms with van der Waals surface area (Å²) in [6, 6.07) is 61.4. The molecule has 0 spiro atoms. The number of aromatic nitrogens is 3. The van der Waals surface area contributed by atoms with Gasteiger partial charge in [0.2, 0.25) is 0 Å². The number of fused-ring (bicyclic) bond motifs is 4. The zero-order valence-corrected chi connectivity index (χ0v) is 36.2. The quantitative estimate of drug-likeness (QED) is 0.150. The number of imidazole rings is 1. The van der Waals surface area contributed by atoms with Gasteiger partial charge in [0.15, 0.2) is 0 Å². The van der Waals surface area contributed by atoms with Crippen molar-refractivity contribution >= 4 is 33.0 Å². The Bertz CT molecular complexity index is 3010. The maximum absolute atomic E-state index is 12.6. The zero-order valence-electron chi connectivity index (χ0n) is 33.8. The standard InChI is InChI=1S/C43H35N2O.C11H7FN.Ir/c1-27(2)36-25-32(31-23-21-30(22-24-31)29-13-6-5-7-14-29)26-37(28(3)4)41(36)45-39-19-10-9-18-38(39)44-43(45)35-17-12-16-34-33-15-8-11-20-40(33)46-42(34)35;12-10-6-4-9(5-7-10)11-3-1-2-8-13-11;/h5-16,18-28H,1-4H3;1-4,6-8H;/q2*-1;. The molecule has 297 valence electrons. The van der Waals surface area contributed by atoms with Gasteiger partial charge in [-0.1, -0.05) is 136 Å². The monoisotopic (exact) mass is 960 g/mol. The summed E-state index contributed by atoms with van der Waals surface area (Å²) in [6.07, 6.45) is 1.70. The fourth-order valence-electron chi connectivity index (χ4n) is 7.83. The zero-order chi connectivity index (χ0) is 40.5. The van der Waals surface area contributed by atoms with E-state index in [1.54, 1.807) is 12.3 Å². The molecule has 1 radical (unpaired) electrons. The Kier molecular flexibility index (Phi) is 11.7. The summed E-state index contributed by atoms with van der Waals surface area (Å²) in [6.45, 7) is 9.15. The van der Waals surface area contributed by atoms with E-state index in [9.17, 15) is 4.39 Å². The van der Waals surface area contributed by atoms with E-state index < -0.39 is 0 Å². The molecule has 6 heteroatoms. The third kappa shape index (κ3) is 7.85. The van der Waals surface area contributed by atoms with Crippen molar-refractivity contribution in [2.75, 3.05) is 0 Å². The van der Waals surface area contributed by atoms with Gasteiger partial charge < -0.3 is 14.0 Å². The van der Waals surface area contributed by atoms with E-state index in [-0.39, 0.29) is 37.8 Å². The number of halogens is 1. The minimum absolute atomic E-state index is 0. The number of hydrogen-bond donors (Lipinski definition) is 0. The Morgan fingerprint density at radius 1 is 0.617 bits per heavy atom. The van der Waals surface area contributed by atoms with Crippen molar-refractivity contribution in [3.05, 3.63) is 199 Å². The molecule has 0 saturated carbocycles. The molecule has 60 heavy (non-hydrogen) atoms. The molecular weight excluding hydrogens is 918 g/mol. The van der Waals surface area contributed by atoms with Crippen molar-refractivity contribution in [2.24, 2.45) is 0 Å². The maximum atomic E-state index is 12.6. The van der Waals surface area contributed by atoms with Crippen LogP contribution >= 0.6 is 0 Å². The van der Waals surface area contributed by atoms with E-state index in [1.807, 2.05) is 36.4 Å². The minimum atomic E-state index is -0.278. The second kappa shape index (κ2) is 17.4. The fraction of sp³-hybridized carbons (Fsp3) is 0.111. The van der Waals surface area contributed by atoms with Crippen LogP contribution in [0.3, 0.4) is 0 Å². The van der Waals surface area contributed by atoms with E-state index in [1.165, 1.54) is 51.2 Å². The summed E-state index contributed by atoms with van der Waals surface area (Å²) in [5.41, 5.74) is 14.8. The third-order valence-electron chi connectivity index (χ3n) is 10.8. The molecule has 0 atom stereocenters. The van der Waals surface area contributed by atoms with Crippen LogP contribution in [-0.4, -0.2) is 14.5 Å². The van der Waals surface area contributed by atoms with Crippen LogP contribution in [0.5, 0.6) is 0 Å². The molecule has 0 bridgehead atoms. The number of para-hydroxylation sites is 3. The molecule has 0 unspecified atom stereocenters. The maximum Gasteiger partial charge on any atom is 0.120 e. The van der Waals surface area contributed by atoms with E-state index in [0.717, 1.165) is 55.6 Å². The largest absolute Gasteiger partial charge is 0.501 e. The van der Waals surface area contributed by atoms with Gasteiger partial charge in [-0.05, 0) is 87.3 Å². The van der Waals surface area contributed by atoms with Crippen LogP contribution in [0.4, 0.5) is 4.39 Å². The van der Waals surface area contributed by atoms with Gasteiger partial charge in [0.1, 0.15) is 5.58 Å². The average Bonchev–Trinajstić information content (AvgIpc) is 3.86. The molecule has 0 aliphatic carbocycles. The van der Waals surface area contributed by atoms with Crippen molar-refractivity contribution in [1.82, 2.24) is 14.5 Å². The van der Waals surface area contributed by atoms with Crippen LogP contribution in [0.25, 0.3) is 83.6 Å². The summed E-state index contributed by atoms with van der Waals surface area (Å²) in [5, 5.41) is 2.18. The normalized spacial score (nSPS) is 11.2. The first kappa shape index (κ1) is 40.3. The molecule has 0 aliphatic heterocycles. The third-order valence-corrected chi connectivity index (χ3v) is 10.8. The van der Waals surface area contributed by atoms with Crippen LogP contribution in [0.15, 0.2) is 174 Å². The summed E-state index contributed by atoms with van der Waals surface area (Å²) in [7, 11) is 0. The second-order valence-electron chi connectivity index (χ2n) is 15.3. The van der Waals surface area contributed by atoms with Crippen LogP contribution < -0.4 is 0 Å². The second-order valence-corrected chi connectivity index (χ2v) is 15.3. The van der Waals surface area contributed by atoms with Crippen molar-refractivity contribution in [2.45, 2.75) is 39.5 Å². The molecule has 10 rings (SSSR count). The van der Waals surface area contributed by atoms with Gasteiger partial charge in [0, 0.05) is 43.2 Å². The molecule has 0 aliphatic rings. The molecule has 0 amide bonds. The van der Waals surface area contributed by atoms with Gasteiger partial charge >= 0.3 is 0 Å². The van der Waals surface area contributed by atoms with Gasteiger partial charge in [0.05, 0.1) is 22.4 Å². The molecule has 0 N–H and O–H groups in total. The molecule has 7 aromatic carbocycles. The van der Waals surface area contributed by atoms with Gasteiger partial charge in [0.25, 0.3) is 0 Å². The number of furan rings is 1. The van der Waals surface area contributed by atoms with Crippen LogP contribution in [0, 0.1) is 17.9 Å². The summed E-state index contributed by atoms with van der Waals surface area (Å²) < 4.78 is 21.4. The summed E-state index contributed by atoms with van der Waals surface area (Å²) in [4.78, 5) is 9.40. The SMILES string of the molecule is CC(C)c1cc(-c2ccc(-c3ccccc3)cc2)cc(C(C)C)c1-n1c(-c2[c-]ccc3c2oc2ccccc23)nc2ccccc21.Fc1c[c-]c(-c2ccccn2)cc1.[Ir]. The van der Waals surface area contributed by atoms with E-state index in [2.05, 4.69) is 159 Å². The van der Waals surface area contributed by atoms with Crippen molar-refractivity contribution in [3.63, 3.8) is 0 Å². The Balaban J connectivity index is 0.000000304. The topological polar surface area (TPSA) is 43.9 Å². The number of pyridine rings is 1. The average molecular weight is 960 g/mol. The minimum Gasteiger partial charge on any atom is -0.501 e. The summed E-state index contributed by atoms with van der Waals surface area (Å²) >= 11 is 0. The smallest absolute Gasteiger partial charge is 0.120 e. The predicted octanol–water partition coefficient (Wildman–Crippen LogP) is 14.7. The molecule has 10 aromatic rings. The summed E-state index contributed by atoms with van der Waals surface area (Å²) in [5.74, 6) is 1.11. The predicted molar refractivity (Wildman–Crippen MR) is 240 cm³/mol. The molecule has 0 fully saturated rings. The first-order valence-electron chi connectivity index (χ1n) is 20.1. The first-order chi connectivity index (χ1) is 28.8. The van der Waals surface area contributed by atoms with Gasteiger partial charge in [-0.25, -0.2) is 0 Å². The first-order valence-corrected chi connectivity index (χ1v) is 20.1. The van der Waals surface area contributed by atoms with Gasteiger partial charge in [-0.15, -0.1) is 48.0 Å². The van der Waals surface area contributed by atoms with Crippen LogP contribution in [0.2, 0.25) is 0 Å². The number of hydrogen-bond acceptors (Lipinski definition) is 3. The number of nitrogens with zero attached hydrogens (tertiary/aromatic N) is 3. The van der Waals surface area contributed by atoms with E-state index in [4.69, 9.17) is 9.40 Å². The van der Waals surface area contributed by atoms with E-state index >= 15 is 0 Å². The Morgan fingerprint density at radius 3 is 1.95 bits per heavy atom. The van der Waals surface area contributed by atoms with Crippen LogP contribution in [0.1, 0.15) is 50.7 Å². The van der Waals surface area contributed by atoms with Crippen molar-refractivity contribution in [1.29, 1.82) is 0 Å².